The van der Waals surface area contributed by atoms with Gasteiger partial charge in [0.25, 0.3) is 0 Å². The molecular weight excluding hydrogens is 260 g/mol. The molecule has 0 saturated heterocycles. The molecule has 102 valence electrons. The van der Waals surface area contributed by atoms with Crippen LogP contribution < -0.4 is 10.5 Å². The van der Waals surface area contributed by atoms with E-state index in [2.05, 4.69) is 41.2 Å². The fourth-order valence-electron chi connectivity index (χ4n) is 1.54. The Balaban J connectivity index is 1.67. The number of anilines is 1. The van der Waals surface area contributed by atoms with Crippen LogP contribution in [0.5, 0.6) is 5.75 Å². The molecule has 0 bridgehead atoms. The zero-order chi connectivity index (χ0) is 13.7. The van der Waals surface area contributed by atoms with E-state index < -0.39 is 0 Å². The fourth-order valence-corrected chi connectivity index (χ4v) is 2.26. The van der Waals surface area contributed by atoms with Gasteiger partial charge in [0.15, 0.2) is 0 Å². The number of nitrogens with zero attached hydrogens (tertiary/aromatic N) is 2. The highest BCUT2D eigenvalue weighted by atomic mass is 32.2. The predicted molar refractivity (Wildman–Crippen MR) is 77.5 cm³/mol. The molecule has 0 amide bonds. The van der Waals surface area contributed by atoms with Gasteiger partial charge < -0.3 is 10.5 Å². The molecule has 1 heterocycles. The van der Waals surface area contributed by atoms with Crippen LogP contribution in [0.4, 0.5) is 5.95 Å². The third kappa shape index (κ3) is 4.17. The van der Waals surface area contributed by atoms with E-state index in [1.807, 2.05) is 6.07 Å². The van der Waals surface area contributed by atoms with Crippen LogP contribution in [0.3, 0.4) is 0 Å². The number of nitrogen functional groups attached to an aromatic ring is 1. The molecule has 0 radical (unpaired) electrons. The number of hydrogen-bond donors (Lipinski definition) is 2. The lowest BCUT2D eigenvalue weighted by atomic mass is 10.1. The highest BCUT2D eigenvalue weighted by Crippen LogP contribution is 2.17. The molecule has 5 nitrogen and oxygen atoms in total. The summed E-state index contributed by atoms with van der Waals surface area (Å²) in [5.74, 6) is 2.19. The van der Waals surface area contributed by atoms with Crippen LogP contribution in [0.15, 0.2) is 23.4 Å². The molecule has 0 unspecified atom stereocenters. The summed E-state index contributed by atoms with van der Waals surface area (Å²) < 4.78 is 5.70. The van der Waals surface area contributed by atoms with Crippen molar-refractivity contribution in [3.63, 3.8) is 0 Å². The van der Waals surface area contributed by atoms with Crippen molar-refractivity contribution in [3.05, 3.63) is 29.3 Å². The quantitative estimate of drug-likeness (QED) is 0.627. The van der Waals surface area contributed by atoms with Crippen LogP contribution in [0.25, 0.3) is 0 Å². The third-order valence-electron chi connectivity index (χ3n) is 2.75. The molecular formula is C13H18N4OS. The number of nitrogens with one attached hydrogen (secondary N) is 1. The predicted octanol–water partition coefficient (Wildman–Crippen LogP) is 2.56. The summed E-state index contributed by atoms with van der Waals surface area (Å²) in [5.41, 5.74) is 7.98. The molecule has 0 saturated carbocycles. The van der Waals surface area contributed by atoms with Gasteiger partial charge in [-0.15, -0.1) is 5.10 Å². The second kappa shape index (κ2) is 6.47. The second-order valence-electron chi connectivity index (χ2n) is 4.30. The summed E-state index contributed by atoms with van der Waals surface area (Å²) in [4.78, 5) is 4.02. The first-order valence-electron chi connectivity index (χ1n) is 6.16. The van der Waals surface area contributed by atoms with Gasteiger partial charge in [-0.25, -0.2) is 5.10 Å². The molecule has 0 aliphatic heterocycles. The van der Waals surface area contributed by atoms with Crippen molar-refractivity contribution in [1.82, 2.24) is 15.2 Å². The highest BCUT2D eigenvalue weighted by molar-refractivity contribution is 7.99. The molecule has 2 rings (SSSR count). The molecule has 0 aliphatic rings. The summed E-state index contributed by atoms with van der Waals surface area (Å²) in [6, 6.07) is 6.15. The number of thioether (sulfide) groups is 1. The number of rotatable bonds is 6. The molecule has 0 spiro atoms. The van der Waals surface area contributed by atoms with Crippen LogP contribution in [-0.4, -0.2) is 27.5 Å². The van der Waals surface area contributed by atoms with Gasteiger partial charge in [0.05, 0.1) is 6.61 Å². The minimum atomic E-state index is 0.355. The lowest BCUT2D eigenvalue weighted by Gasteiger charge is -2.07. The number of aryl methyl sites for hydroxylation is 2. The normalized spacial score (nSPS) is 10.6. The molecule has 6 heteroatoms. The van der Waals surface area contributed by atoms with Crippen LogP contribution >= 0.6 is 11.8 Å². The molecule has 2 aromatic rings. The van der Waals surface area contributed by atoms with Crippen molar-refractivity contribution in [2.24, 2.45) is 0 Å². The average Bonchev–Trinajstić information content (AvgIpc) is 2.79. The monoisotopic (exact) mass is 278 g/mol. The standard InChI is InChI=1S/C13H18N4OS/c1-9-4-5-11(8-10(9)2)18-6-3-7-19-13-15-12(14)16-17-13/h4-5,8H,3,6-7H2,1-2H3,(H3,14,15,16,17). The molecule has 1 aromatic carbocycles. The topological polar surface area (TPSA) is 76.8 Å². The van der Waals surface area contributed by atoms with Crippen LogP contribution in [0.1, 0.15) is 17.5 Å². The van der Waals surface area contributed by atoms with Crippen molar-refractivity contribution in [3.8, 4) is 5.75 Å². The van der Waals surface area contributed by atoms with Gasteiger partial charge in [0.1, 0.15) is 5.75 Å². The van der Waals surface area contributed by atoms with Crippen molar-refractivity contribution < 1.29 is 4.74 Å². The highest BCUT2D eigenvalue weighted by Gasteiger charge is 2.01. The maximum absolute atomic E-state index is 5.70. The van der Waals surface area contributed by atoms with E-state index in [1.54, 1.807) is 11.8 Å². The smallest absolute Gasteiger partial charge is 0.216 e. The first kappa shape index (κ1) is 13.7. The van der Waals surface area contributed by atoms with Gasteiger partial charge in [-0.2, -0.15) is 4.98 Å². The Hall–Kier alpha value is -1.69. The maximum atomic E-state index is 5.70. The van der Waals surface area contributed by atoms with Crippen LogP contribution in [0, 0.1) is 13.8 Å². The van der Waals surface area contributed by atoms with Gasteiger partial charge in [0, 0.05) is 5.75 Å². The van der Waals surface area contributed by atoms with Gasteiger partial charge in [0.2, 0.25) is 11.1 Å². The van der Waals surface area contributed by atoms with Crippen molar-refractivity contribution >= 4 is 17.7 Å². The SMILES string of the molecule is Cc1ccc(OCCCSc2n[nH]c(N)n2)cc1C. The Morgan fingerprint density at radius 2 is 2.16 bits per heavy atom. The fraction of sp³-hybridized carbons (Fsp3) is 0.385. The summed E-state index contributed by atoms with van der Waals surface area (Å²) in [7, 11) is 0. The van der Waals surface area contributed by atoms with Crippen molar-refractivity contribution in [2.75, 3.05) is 18.1 Å². The van der Waals surface area contributed by atoms with Gasteiger partial charge in [-0.05, 0) is 43.5 Å². The Labute approximate surface area is 117 Å². The van der Waals surface area contributed by atoms with Crippen molar-refractivity contribution in [2.45, 2.75) is 25.4 Å². The molecule has 0 aliphatic carbocycles. The number of hydrogen-bond acceptors (Lipinski definition) is 5. The third-order valence-corrected chi connectivity index (χ3v) is 3.68. The number of benzene rings is 1. The van der Waals surface area contributed by atoms with Crippen molar-refractivity contribution in [1.29, 1.82) is 0 Å². The first-order valence-corrected chi connectivity index (χ1v) is 7.14. The van der Waals surface area contributed by atoms with Gasteiger partial charge in [-0.1, -0.05) is 17.8 Å². The van der Waals surface area contributed by atoms with E-state index in [0.29, 0.717) is 17.7 Å². The largest absolute Gasteiger partial charge is 0.494 e. The molecule has 0 atom stereocenters. The molecule has 1 aromatic heterocycles. The minimum absolute atomic E-state index is 0.355. The maximum Gasteiger partial charge on any atom is 0.216 e. The number of H-pyrrole nitrogens is 1. The van der Waals surface area contributed by atoms with E-state index in [0.717, 1.165) is 17.9 Å². The lowest BCUT2D eigenvalue weighted by molar-refractivity contribution is 0.318. The van der Waals surface area contributed by atoms with E-state index in [-0.39, 0.29) is 0 Å². The number of nitrogens with two attached hydrogens (primary N) is 1. The Bertz CT molecular complexity index is 541. The van der Waals surface area contributed by atoms with E-state index >= 15 is 0 Å². The first-order chi connectivity index (χ1) is 9.15. The van der Waals surface area contributed by atoms with Gasteiger partial charge in [-0.3, -0.25) is 0 Å². The number of aromatic nitrogens is 3. The number of aromatic amines is 1. The van der Waals surface area contributed by atoms with E-state index in [9.17, 15) is 0 Å². The Morgan fingerprint density at radius 3 is 2.84 bits per heavy atom. The van der Waals surface area contributed by atoms with Crippen LogP contribution in [0.2, 0.25) is 0 Å². The Kier molecular flexibility index (Phi) is 4.68. The summed E-state index contributed by atoms with van der Waals surface area (Å²) in [6.07, 6.45) is 0.937. The zero-order valence-corrected chi connectivity index (χ0v) is 12.0. The van der Waals surface area contributed by atoms with E-state index in [1.165, 1.54) is 11.1 Å². The van der Waals surface area contributed by atoms with E-state index in [4.69, 9.17) is 10.5 Å². The summed E-state index contributed by atoms with van der Waals surface area (Å²) in [5, 5.41) is 7.25. The van der Waals surface area contributed by atoms with Crippen LogP contribution in [-0.2, 0) is 0 Å². The zero-order valence-electron chi connectivity index (χ0n) is 11.1. The average molecular weight is 278 g/mol. The molecule has 0 fully saturated rings. The lowest BCUT2D eigenvalue weighted by Crippen LogP contribution is -1.99. The van der Waals surface area contributed by atoms with Gasteiger partial charge >= 0.3 is 0 Å². The second-order valence-corrected chi connectivity index (χ2v) is 5.36. The molecule has 3 N–H and O–H groups in total. The summed E-state index contributed by atoms with van der Waals surface area (Å²) >= 11 is 1.57. The Morgan fingerprint density at radius 1 is 1.32 bits per heavy atom. The summed E-state index contributed by atoms with van der Waals surface area (Å²) in [6.45, 7) is 4.87. The molecule has 19 heavy (non-hydrogen) atoms. The minimum Gasteiger partial charge on any atom is -0.494 e. The number of ether oxygens (including phenoxy) is 1.